The first-order valence-corrected chi connectivity index (χ1v) is 5.86. The summed E-state index contributed by atoms with van der Waals surface area (Å²) in [5, 5.41) is 0. The van der Waals surface area contributed by atoms with Crippen molar-refractivity contribution in [3.8, 4) is 0 Å². The summed E-state index contributed by atoms with van der Waals surface area (Å²) in [6, 6.07) is 3.35. The molecular formula is C12H6BrF3N2O. The molecule has 0 N–H and O–H groups in total. The van der Waals surface area contributed by atoms with Crippen LogP contribution in [0.5, 0.6) is 0 Å². The number of rotatable bonds is 2. The SMILES string of the molecule is O=C(c1cnccn1)c1ccc(Br)cc1C(F)(F)F. The Kier molecular flexibility index (Phi) is 3.66. The summed E-state index contributed by atoms with van der Waals surface area (Å²) in [6.07, 6.45) is -0.899. The first kappa shape index (κ1) is 13.7. The number of carbonyl (C=O) groups is 1. The van der Waals surface area contributed by atoms with E-state index in [4.69, 9.17) is 0 Å². The van der Waals surface area contributed by atoms with Crippen LogP contribution in [0, 0.1) is 0 Å². The molecule has 1 aromatic carbocycles. The molecule has 19 heavy (non-hydrogen) atoms. The molecule has 0 fully saturated rings. The van der Waals surface area contributed by atoms with Gasteiger partial charge in [0, 0.05) is 22.4 Å². The van der Waals surface area contributed by atoms with Gasteiger partial charge in [-0.2, -0.15) is 13.2 Å². The van der Waals surface area contributed by atoms with E-state index in [9.17, 15) is 18.0 Å². The minimum absolute atomic E-state index is 0.129. The van der Waals surface area contributed by atoms with Gasteiger partial charge in [0.2, 0.25) is 5.78 Å². The highest BCUT2D eigenvalue weighted by Gasteiger charge is 2.35. The molecule has 0 saturated carbocycles. The number of benzene rings is 1. The van der Waals surface area contributed by atoms with Gasteiger partial charge in [-0.25, -0.2) is 4.98 Å². The molecule has 3 nitrogen and oxygen atoms in total. The molecular weight excluding hydrogens is 325 g/mol. The largest absolute Gasteiger partial charge is 0.417 e. The second kappa shape index (κ2) is 5.08. The summed E-state index contributed by atoms with van der Waals surface area (Å²) in [7, 11) is 0. The van der Waals surface area contributed by atoms with Crippen molar-refractivity contribution in [3.05, 3.63) is 58.1 Å². The Morgan fingerprint density at radius 3 is 2.53 bits per heavy atom. The molecule has 98 valence electrons. The maximum Gasteiger partial charge on any atom is 0.417 e. The molecule has 1 heterocycles. The van der Waals surface area contributed by atoms with Crippen LogP contribution in [0.1, 0.15) is 21.6 Å². The molecule has 0 atom stereocenters. The van der Waals surface area contributed by atoms with Crippen molar-refractivity contribution in [3.63, 3.8) is 0 Å². The van der Waals surface area contributed by atoms with Crippen LogP contribution in [0.4, 0.5) is 13.2 Å². The van der Waals surface area contributed by atoms with Gasteiger partial charge in [-0.15, -0.1) is 0 Å². The number of carbonyl (C=O) groups excluding carboxylic acids is 1. The highest BCUT2D eigenvalue weighted by molar-refractivity contribution is 9.10. The first-order chi connectivity index (χ1) is 8.89. The second-order valence-electron chi connectivity index (χ2n) is 3.61. The van der Waals surface area contributed by atoms with E-state index in [1.807, 2.05) is 0 Å². The van der Waals surface area contributed by atoms with E-state index < -0.39 is 23.1 Å². The van der Waals surface area contributed by atoms with Crippen molar-refractivity contribution in [2.75, 3.05) is 0 Å². The third-order valence-electron chi connectivity index (χ3n) is 2.33. The zero-order valence-corrected chi connectivity index (χ0v) is 10.9. The van der Waals surface area contributed by atoms with Gasteiger partial charge in [-0.1, -0.05) is 15.9 Å². The Balaban J connectivity index is 2.54. The predicted molar refractivity (Wildman–Crippen MR) is 64.6 cm³/mol. The molecule has 2 aromatic rings. The number of alkyl halides is 3. The van der Waals surface area contributed by atoms with Crippen molar-refractivity contribution in [2.45, 2.75) is 6.18 Å². The third-order valence-corrected chi connectivity index (χ3v) is 2.82. The van der Waals surface area contributed by atoms with E-state index >= 15 is 0 Å². The summed E-state index contributed by atoms with van der Waals surface area (Å²) in [5.41, 5.74) is -1.58. The van der Waals surface area contributed by atoms with Crippen LogP contribution in [0.25, 0.3) is 0 Å². The van der Waals surface area contributed by atoms with Crippen LogP contribution in [-0.2, 0) is 6.18 Å². The van der Waals surface area contributed by atoms with E-state index in [0.717, 1.165) is 18.3 Å². The fourth-order valence-electron chi connectivity index (χ4n) is 1.50. The lowest BCUT2D eigenvalue weighted by molar-refractivity contribution is -0.137. The number of aromatic nitrogens is 2. The molecule has 0 aliphatic heterocycles. The molecule has 0 bridgehead atoms. The van der Waals surface area contributed by atoms with E-state index in [2.05, 4.69) is 25.9 Å². The molecule has 0 aliphatic carbocycles. The minimum atomic E-state index is -4.61. The normalized spacial score (nSPS) is 11.4. The van der Waals surface area contributed by atoms with Gasteiger partial charge in [-0.05, 0) is 18.2 Å². The maximum atomic E-state index is 12.9. The van der Waals surface area contributed by atoms with E-state index in [-0.39, 0.29) is 10.2 Å². The lowest BCUT2D eigenvalue weighted by Gasteiger charge is -2.12. The van der Waals surface area contributed by atoms with E-state index in [1.165, 1.54) is 18.5 Å². The molecule has 0 saturated heterocycles. The Hall–Kier alpha value is -1.76. The summed E-state index contributed by atoms with van der Waals surface area (Å²) in [6.45, 7) is 0. The van der Waals surface area contributed by atoms with Crippen LogP contribution in [0.2, 0.25) is 0 Å². The summed E-state index contributed by atoms with van der Waals surface area (Å²) >= 11 is 2.95. The fourth-order valence-corrected chi connectivity index (χ4v) is 1.86. The van der Waals surface area contributed by atoms with Crippen molar-refractivity contribution in [2.24, 2.45) is 0 Å². The van der Waals surface area contributed by atoms with Gasteiger partial charge in [0.15, 0.2) is 0 Å². The van der Waals surface area contributed by atoms with Gasteiger partial charge in [0.25, 0.3) is 0 Å². The van der Waals surface area contributed by atoms with E-state index in [1.54, 1.807) is 0 Å². The van der Waals surface area contributed by atoms with Gasteiger partial charge in [-0.3, -0.25) is 9.78 Å². The van der Waals surface area contributed by atoms with Crippen LogP contribution in [0.3, 0.4) is 0 Å². The highest BCUT2D eigenvalue weighted by Crippen LogP contribution is 2.34. The van der Waals surface area contributed by atoms with Crippen molar-refractivity contribution in [1.29, 1.82) is 0 Å². The highest BCUT2D eigenvalue weighted by atomic mass is 79.9. The summed E-state index contributed by atoms with van der Waals surface area (Å²) in [4.78, 5) is 19.4. The molecule has 2 rings (SSSR count). The molecule has 7 heteroatoms. The van der Waals surface area contributed by atoms with E-state index in [0.29, 0.717) is 0 Å². The number of nitrogens with zero attached hydrogens (tertiary/aromatic N) is 2. The van der Waals surface area contributed by atoms with Gasteiger partial charge in [0.05, 0.1) is 11.8 Å². The smallest absolute Gasteiger partial charge is 0.287 e. The van der Waals surface area contributed by atoms with Crippen LogP contribution >= 0.6 is 15.9 Å². The predicted octanol–water partition coefficient (Wildman–Crippen LogP) is 3.49. The monoisotopic (exact) mass is 330 g/mol. The first-order valence-electron chi connectivity index (χ1n) is 5.07. The van der Waals surface area contributed by atoms with Crippen LogP contribution < -0.4 is 0 Å². The zero-order valence-electron chi connectivity index (χ0n) is 9.28. The molecule has 0 unspecified atom stereocenters. The number of hydrogen-bond donors (Lipinski definition) is 0. The number of hydrogen-bond acceptors (Lipinski definition) is 3. The third kappa shape index (κ3) is 2.98. The standard InChI is InChI=1S/C12H6BrF3N2O/c13-7-1-2-8(9(5-7)12(14,15)16)11(19)10-6-17-3-4-18-10/h1-6H. The Bertz CT molecular complexity index is 614. The molecule has 0 aliphatic rings. The lowest BCUT2D eigenvalue weighted by atomic mass is 10.0. The van der Waals surface area contributed by atoms with Crippen LogP contribution in [-0.4, -0.2) is 15.8 Å². The minimum Gasteiger partial charge on any atom is -0.287 e. The van der Waals surface area contributed by atoms with Crippen molar-refractivity contribution in [1.82, 2.24) is 9.97 Å². The van der Waals surface area contributed by atoms with Crippen molar-refractivity contribution < 1.29 is 18.0 Å². The topological polar surface area (TPSA) is 42.9 Å². The van der Waals surface area contributed by atoms with Crippen LogP contribution in [0.15, 0.2) is 41.3 Å². The Labute approximate surface area is 114 Å². The quantitative estimate of drug-likeness (QED) is 0.791. The summed E-state index contributed by atoms with van der Waals surface area (Å²) < 4.78 is 38.9. The number of ketones is 1. The molecule has 0 spiro atoms. The average molecular weight is 331 g/mol. The summed E-state index contributed by atoms with van der Waals surface area (Å²) in [5.74, 6) is -0.812. The van der Waals surface area contributed by atoms with Gasteiger partial charge >= 0.3 is 6.18 Å². The fraction of sp³-hybridized carbons (Fsp3) is 0.0833. The maximum absolute atomic E-state index is 12.9. The second-order valence-corrected chi connectivity index (χ2v) is 4.52. The van der Waals surface area contributed by atoms with Crippen molar-refractivity contribution >= 4 is 21.7 Å². The average Bonchev–Trinajstić information content (AvgIpc) is 2.38. The number of halogens is 4. The molecule has 0 amide bonds. The Morgan fingerprint density at radius 1 is 1.21 bits per heavy atom. The lowest BCUT2D eigenvalue weighted by Crippen LogP contribution is -2.14. The van der Waals surface area contributed by atoms with Gasteiger partial charge in [0.1, 0.15) is 5.69 Å². The van der Waals surface area contributed by atoms with Gasteiger partial charge < -0.3 is 0 Å². The molecule has 1 aromatic heterocycles. The molecule has 0 radical (unpaired) electrons. The Morgan fingerprint density at radius 2 is 1.95 bits per heavy atom. The zero-order chi connectivity index (χ0) is 14.0.